The Morgan fingerprint density at radius 2 is 1.86 bits per heavy atom. The third-order valence-electron chi connectivity index (χ3n) is 3.83. The van der Waals surface area contributed by atoms with E-state index in [0.29, 0.717) is 41.7 Å². The van der Waals surface area contributed by atoms with Gasteiger partial charge in [-0.25, -0.2) is 13.1 Å². The molecular formula is C20H25ClN2O5S. The van der Waals surface area contributed by atoms with Gasteiger partial charge in [-0.05, 0) is 48.4 Å². The number of nitrogens with one attached hydrogen (secondary N) is 2. The number of amides is 1. The Balaban J connectivity index is 1.77. The lowest BCUT2D eigenvalue weighted by Crippen LogP contribution is -2.28. The molecule has 0 unspecified atom stereocenters. The monoisotopic (exact) mass is 440 g/mol. The maximum atomic E-state index is 12.1. The van der Waals surface area contributed by atoms with E-state index in [1.807, 2.05) is 0 Å². The van der Waals surface area contributed by atoms with Crippen LogP contribution in [0.4, 0.5) is 5.69 Å². The molecule has 0 fully saturated rings. The summed E-state index contributed by atoms with van der Waals surface area (Å²) in [7, 11) is -1.96. The topological polar surface area (TPSA) is 93.7 Å². The van der Waals surface area contributed by atoms with E-state index in [-0.39, 0.29) is 24.6 Å². The number of anilines is 1. The van der Waals surface area contributed by atoms with Gasteiger partial charge in [-0.15, -0.1) is 0 Å². The van der Waals surface area contributed by atoms with Crippen LogP contribution in [0.15, 0.2) is 48.5 Å². The van der Waals surface area contributed by atoms with Gasteiger partial charge in [0.1, 0.15) is 5.75 Å². The first-order valence-corrected chi connectivity index (χ1v) is 11.1. The molecule has 1 amide bonds. The van der Waals surface area contributed by atoms with Gasteiger partial charge >= 0.3 is 0 Å². The van der Waals surface area contributed by atoms with Crippen molar-refractivity contribution in [3.8, 4) is 5.75 Å². The lowest BCUT2D eigenvalue weighted by Gasteiger charge is -2.09. The molecule has 0 spiro atoms. The molecule has 2 rings (SSSR count). The zero-order valence-corrected chi connectivity index (χ0v) is 17.8. The maximum Gasteiger partial charge on any atom is 0.224 e. The second-order valence-corrected chi connectivity index (χ2v) is 8.54. The fraction of sp³-hybridized carbons (Fsp3) is 0.350. The molecular weight excluding hydrogens is 416 g/mol. The van der Waals surface area contributed by atoms with E-state index in [1.54, 1.807) is 48.5 Å². The second kappa shape index (κ2) is 11.8. The first-order chi connectivity index (χ1) is 13.9. The highest BCUT2D eigenvalue weighted by Gasteiger charge is 2.12. The molecule has 2 aromatic rings. The van der Waals surface area contributed by atoms with E-state index < -0.39 is 10.0 Å². The molecule has 0 bridgehead atoms. The number of benzene rings is 2. The zero-order valence-electron chi connectivity index (χ0n) is 16.2. The minimum absolute atomic E-state index is 0.164. The third kappa shape index (κ3) is 9.27. The summed E-state index contributed by atoms with van der Waals surface area (Å²) in [6, 6.07) is 13.8. The Kier molecular flexibility index (Phi) is 9.40. The maximum absolute atomic E-state index is 12.1. The molecule has 0 heterocycles. The molecule has 9 heteroatoms. The highest BCUT2D eigenvalue weighted by molar-refractivity contribution is 7.88. The Morgan fingerprint density at radius 3 is 2.59 bits per heavy atom. The number of rotatable bonds is 12. The van der Waals surface area contributed by atoms with E-state index in [9.17, 15) is 13.2 Å². The number of methoxy groups -OCH3 is 1. The molecule has 0 atom stereocenters. The smallest absolute Gasteiger partial charge is 0.224 e. The largest absolute Gasteiger partial charge is 0.494 e. The van der Waals surface area contributed by atoms with Crippen LogP contribution in [-0.2, 0) is 25.3 Å². The second-order valence-electron chi connectivity index (χ2n) is 6.30. The van der Waals surface area contributed by atoms with Crippen molar-refractivity contribution in [3.63, 3.8) is 0 Å². The lowest BCUT2D eigenvalue weighted by atomic mass is 10.2. The fourth-order valence-corrected chi connectivity index (χ4v) is 3.73. The van der Waals surface area contributed by atoms with E-state index in [1.165, 1.54) is 7.11 Å². The molecule has 0 aliphatic heterocycles. The molecule has 0 aliphatic rings. The van der Waals surface area contributed by atoms with Crippen molar-refractivity contribution in [2.45, 2.75) is 18.6 Å². The molecule has 0 aromatic heterocycles. The Bertz CT molecular complexity index is 888. The van der Waals surface area contributed by atoms with Crippen LogP contribution in [0, 0.1) is 0 Å². The predicted octanol–water partition coefficient (Wildman–Crippen LogP) is 3.20. The van der Waals surface area contributed by atoms with Gasteiger partial charge in [-0.2, -0.15) is 0 Å². The van der Waals surface area contributed by atoms with Gasteiger partial charge in [0.05, 0.1) is 19.0 Å². The Hall–Kier alpha value is -2.13. The van der Waals surface area contributed by atoms with Gasteiger partial charge < -0.3 is 14.8 Å². The summed E-state index contributed by atoms with van der Waals surface area (Å²) in [5.41, 5.74) is 1.14. The van der Waals surface area contributed by atoms with Crippen molar-refractivity contribution in [1.29, 1.82) is 0 Å². The summed E-state index contributed by atoms with van der Waals surface area (Å²) >= 11 is 5.82. The molecule has 0 saturated heterocycles. The van der Waals surface area contributed by atoms with Crippen LogP contribution in [0.5, 0.6) is 5.75 Å². The van der Waals surface area contributed by atoms with Gasteiger partial charge in [-0.3, -0.25) is 4.79 Å². The van der Waals surface area contributed by atoms with Crippen LogP contribution >= 0.6 is 11.6 Å². The van der Waals surface area contributed by atoms with Crippen molar-refractivity contribution in [1.82, 2.24) is 4.72 Å². The number of hydrogen-bond acceptors (Lipinski definition) is 5. The van der Waals surface area contributed by atoms with Crippen LogP contribution < -0.4 is 14.8 Å². The molecule has 0 aliphatic carbocycles. The molecule has 0 radical (unpaired) electrons. The van der Waals surface area contributed by atoms with Gasteiger partial charge in [0.15, 0.2) is 0 Å². The normalized spacial score (nSPS) is 11.2. The Labute approximate surface area is 176 Å². The highest BCUT2D eigenvalue weighted by Crippen LogP contribution is 2.16. The van der Waals surface area contributed by atoms with Crippen LogP contribution in [0.3, 0.4) is 0 Å². The molecule has 2 N–H and O–H groups in total. The molecule has 0 saturated carbocycles. The average Bonchev–Trinajstić information content (AvgIpc) is 2.66. The fourth-order valence-electron chi connectivity index (χ4n) is 2.49. The van der Waals surface area contributed by atoms with Gasteiger partial charge in [0.2, 0.25) is 15.9 Å². The summed E-state index contributed by atoms with van der Waals surface area (Å²) in [6.45, 7) is 0.922. The van der Waals surface area contributed by atoms with E-state index in [0.717, 1.165) is 0 Å². The number of carbonyl (C=O) groups excluding carboxylic acids is 1. The zero-order chi connectivity index (χ0) is 21.1. The molecule has 29 heavy (non-hydrogen) atoms. The summed E-state index contributed by atoms with van der Waals surface area (Å²) in [4.78, 5) is 12.1. The summed E-state index contributed by atoms with van der Waals surface area (Å²) in [5, 5.41) is 3.42. The van der Waals surface area contributed by atoms with Crippen molar-refractivity contribution < 1.29 is 22.7 Å². The highest BCUT2D eigenvalue weighted by atomic mass is 35.5. The van der Waals surface area contributed by atoms with Gasteiger partial charge in [0, 0.05) is 30.8 Å². The number of ether oxygens (including phenoxy) is 2. The quantitative estimate of drug-likeness (QED) is 0.494. The lowest BCUT2D eigenvalue weighted by molar-refractivity contribution is -0.116. The number of hydrogen-bond donors (Lipinski definition) is 2. The molecule has 158 valence electrons. The predicted molar refractivity (Wildman–Crippen MR) is 114 cm³/mol. The Morgan fingerprint density at radius 1 is 1.10 bits per heavy atom. The van der Waals surface area contributed by atoms with Gasteiger partial charge in [0.25, 0.3) is 0 Å². The van der Waals surface area contributed by atoms with Crippen molar-refractivity contribution >= 4 is 33.2 Å². The number of halogens is 1. The minimum Gasteiger partial charge on any atom is -0.494 e. The van der Waals surface area contributed by atoms with E-state index in [2.05, 4.69) is 10.0 Å². The van der Waals surface area contributed by atoms with E-state index in [4.69, 9.17) is 21.1 Å². The number of carbonyl (C=O) groups is 1. The summed E-state index contributed by atoms with van der Waals surface area (Å²) in [5.74, 6) is 0.362. The van der Waals surface area contributed by atoms with Crippen LogP contribution in [-0.4, -0.2) is 41.2 Å². The first kappa shape index (κ1) is 23.2. The SMILES string of the molecule is COCCNS(=O)(=O)Cc1cccc(NC(=O)CCCOc2ccc(Cl)cc2)c1. The summed E-state index contributed by atoms with van der Waals surface area (Å²) in [6.07, 6.45) is 0.834. The molecule has 7 nitrogen and oxygen atoms in total. The van der Waals surface area contributed by atoms with E-state index >= 15 is 0 Å². The van der Waals surface area contributed by atoms with Crippen molar-refractivity contribution in [2.75, 3.05) is 32.2 Å². The average molecular weight is 441 g/mol. The van der Waals surface area contributed by atoms with Gasteiger partial charge in [-0.1, -0.05) is 23.7 Å². The summed E-state index contributed by atoms with van der Waals surface area (Å²) < 4.78 is 36.9. The third-order valence-corrected chi connectivity index (χ3v) is 5.44. The van der Waals surface area contributed by atoms with Crippen LogP contribution in [0.1, 0.15) is 18.4 Å². The van der Waals surface area contributed by atoms with Crippen LogP contribution in [0.25, 0.3) is 0 Å². The number of sulfonamides is 1. The molecule has 2 aromatic carbocycles. The van der Waals surface area contributed by atoms with Crippen molar-refractivity contribution in [3.05, 3.63) is 59.1 Å². The van der Waals surface area contributed by atoms with Crippen LogP contribution in [0.2, 0.25) is 5.02 Å². The van der Waals surface area contributed by atoms with Crippen molar-refractivity contribution in [2.24, 2.45) is 0 Å². The minimum atomic E-state index is -3.47. The standard InChI is InChI=1S/C20H25ClN2O5S/c1-27-13-11-22-29(25,26)15-16-4-2-5-18(14-16)23-20(24)6-3-12-28-19-9-7-17(21)8-10-19/h2,4-5,7-10,14,22H,3,6,11-13,15H2,1H3,(H,23,24). The first-order valence-electron chi connectivity index (χ1n) is 9.11.